The van der Waals surface area contributed by atoms with Crippen LogP contribution in [-0.4, -0.2) is 62.3 Å². The summed E-state index contributed by atoms with van der Waals surface area (Å²) in [5.41, 5.74) is 1.24. The lowest BCUT2D eigenvalue weighted by Crippen LogP contribution is -2.57. The van der Waals surface area contributed by atoms with Crippen LogP contribution in [0.2, 0.25) is 0 Å². The zero-order valence-electron chi connectivity index (χ0n) is 17.3. The first-order valence-electron chi connectivity index (χ1n) is 10.2. The molecule has 1 aromatic carbocycles. The van der Waals surface area contributed by atoms with Crippen molar-refractivity contribution < 1.29 is 14.3 Å². The van der Waals surface area contributed by atoms with Crippen molar-refractivity contribution in [3.63, 3.8) is 0 Å². The van der Waals surface area contributed by atoms with Gasteiger partial charge in [-0.05, 0) is 63.7 Å². The molecule has 0 radical (unpaired) electrons. The molecule has 0 aliphatic carbocycles. The number of carbonyl (C=O) groups excluding carboxylic acids is 2. The molecule has 2 aliphatic heterocycles. The van der Waals surface area contributed by atoms with Crippen LogP contribution in [0.15, 0.2) is 24.3 Å². The number of hydrogen-bond acceptors (Lipinski definition) is 4. The number of nitrogens with one attached hydrogen (secondary N) is 3. The number of halogens is 1. The summed E-state index contributed by atoms with van der Waals surface area (Å²) in [4.78, 5) is 27.2. The van der Waals surface area contributed by atoms with Crippen LogP contribution in [0, 0.1) is 12.8 Å². The minimum atomic E-state index is -0.691. The number of piperidine rings is 2. The first-order chi connectivity index (χ1) is 13.5. The summed E-state index contributed by atoms with van der Waals surface area (Å²) in [5, 5.41) is 9.09. The van der Waals surface area contributed by atoms with Crippen molar-refractivity contribution in [2.75, 3.05) is 45.2 Å². The van der Waals surface area contributed by atoms with Crippen LogP contribution in [0.3, 0.4) is 0 Å². The average Bonchev–Trinajstić information content (AvgIpc) is 2.74. The van der Waals surface area contributed by atoms with Crippen molar-refractivity contribution in [2.24, 2.45) is 5.92 Å². The quantitative estimate of drug-likeness (QED) is 0.678. The Hall–Kier alpha value is -1.83. The number of amides is 3. The van der Waals surface area contributed by atoms with Gasteiger partial charge in [0, 0.05) is 32.4 Å². The van der Waals surface area contributed by atoms with Crippen molar-refractivity contribution in [1.29, 1.82) is 0 Å². The number of ether oxygens (including phenoxy) is 1. The van der Waals surface area contributed by atoms with E-state index in [2.05, 4.69) is 16.0 Å². The fraction of sp³-hybridized carbons (Fsp3) is 0.619. The van der Waals surface area contributed by atoms with Gasteiger partial charge in [0.1, 0.15) is 5.60 Å². The van der Waals surface area contributed by atoms with Crippen LogP contribution in [0.25, 0.3) is 0 Å². The van der Waals surface area contributed by atoms with Gasteiger partial charge in [0.15, 0.2) is 0 Å². The monoisotopic (exact) mass is 424 g/mol. The summed E-state index contributed by atoms with van der Waals surface area (Å²) in [6, 6.07) is 7.50. The molecule has 2 saturated heterocycles. The standard InChI is InChI=1S/C21H32N4O3.ClH/c1-16-5-7-18(8-6-16)24-20(27)23-14-17-4-3-13-25(15-17)19(26)21(28-2)9-11-22-12-10-21;/h5-8,17,22H,3-4,9-15H2,1-2H3,(H2,23,24,27);1H. The molecule has 1 atom stereocenters. The largest absolute Gasteiger partial charge is 0.368 e. The Bertz CT molecular complexity index is 677. The molecule has 0 aromatic heterocycles. The fourth-order valence-electron chi connectivity index (χ4n) is 4.09. The van der Waals surface area contributed by atoms with Gasteiger partial charge in [-0.15, -0.1) is 12.4 Å². The molecular weight excluding hydrogens is 392 g/mol. The fourth-order valence-corrected chi connectivity index (χ4v) is 4.09. The zero-order valence-corrected chi connectivity index (χ0v) is 18.1. The summed E-state index contributed by atoms with van der Waals surface area (Å²) < 4.78 is 5.69. The van der Waals surface area contributed by atoms with Gasteiger partial charge >= 0.3 is 6.03 Å². The highest BCUT2D eigenvalue weighted by Gasteiger charge is 2.43. The van der Waals surface area contributed by atoms with E-state index in [-0.39, 0.29) is 30.3 Å². The number of carbonyl (C=O) groups is 2. The van der Waals surface area contributed by atoms with Gasteiger partial charge in [0.05, 0.1) is 0 Å². The molecule has 3 amide bonds. The maximum atomic E-state index is 13.1. The van der Waals surface area contributed by atoms with E-state index in [0.29, 0.717) is 25.9 Å². The first-order valence-corrected chi connectivity index (χ1v) is 10.2. The third-order valence-electron chi connectivity index (χ3n) is 5.86. The van der Waals surface area contributed by atoms with E-state index >= 15 is 0 Å². The van der Waals surface area contributed by atoms with Crippen molar-refractivity contribution in [3.05, 3.63) is 29.8 Å². The Morgan fingerprint density at radius 1 is 1.24 bits per heavy atom. The molecular formula is C21H33ClN4O3. The molecule has 2 aliphatic rings. The van der Waals surface area contributed by atoms with Crippen LogP contribution in [0.4, 0.5) is 10.5 Å². The van der Waals surface area contributed by atoms with Crippen molar-refractivity contribution in [3.8, 4) is 0 Å². The van der Waals surface area contributed by atoms with Crippen LogP contribution >= 0.6 is 12.4 Å². The number of hydrogen-bond donors (Lipinski definition) is 3. The summed E-state index contributed by atoms with van der Waals surface area (Å²) in [5.74, 6) is 0.363. The lowest BCUT2D eigenvalue weighted by molar-refractivity contribution is -0.160. The summed E-state index contributed by atoms with van der Waals surface area (Å²) in [6.07, 6.45) is 3.38. The molecule has 1 aromatic rings. The number of benzene rings is 1. The number of likely N-dealkylation sites (tertiary alicyclic amines) is 1. The summed E-state index contributed by atoms with van der Waals surface area (Å²) >= 11 is 0. The van der Waals surface area contributed by atoms with Gasteiger partial charge in [-0.25, -0.2) is 4.79 Å². The van der Waals surface area contributed by atoms with Gasteiger partial charge in [0.25, 0.3) is 5.91 Å². The summed E-state index contributed by atoms with van der Waals surface area (Å²) in [6.45, 7) is 5.61. The molecule has 2 heterocycles. The second-order valence-electron chi connectivity index (χ2n) is 7.91. The van der Waals surface area contributed by atoms with E-state index in [9.17, 15) is 9.59 Å². The third-order valence-corrected chi connectivity index (χ3v) is 5.86. The first kappa shape index (κ1) is 23.4. The van der Waals surface area contributed by atoms with Gasteiger partial charge < -0.3 is 25.6 Å². The predicted octanol–water partition coefficient (Wildman–Crippen LogP) is 2.55. The lowest BCUT2D eigenvalue weighted by Gasteiger charge is -2.41. The highest BCUT2D eigenvalue weighted by atomic mass is 35.5. The number of nitrogens with zero attached hydrogens (tertiary/aromatic N) is 1. The Morgan fingerprint density at radius 2 is 1.93 bits per heavy atom. The smallest absolute Gasteiger partial charge is 0.319 e. The van der Waals surface area contributed by atoms with Gasteiger partial charge in [-0.2, -0.15) is 0 Å². The maximum absolute atomic E-state index is 13.1. The van der Waals surface area contributed by atoms with E-state index in [1.165, 1.54) is 0 Å². The number of anilines is 1. The SMILES string of the molecule is COC1(C(=O)N2CCCC(CNC(=O)Nc3ccc(C)cc3)C2)CCNCC1.Cl. The Kier molecular flexibility index (Phi) is 8.74. The summed E-state index contributed by atoms with van der Waals surface area (Å²) in [7, 11) is 1.64. The van der Waals surface area contributed by atoms with Crippen LogP contribution in [0.5, 0.6) is 0 Å². The maximum Gasteiger partial charge on any atom is 0.319 e. The molecule has 2 fully saturated rings. The second-order valence-corrected chi connectivity index (χ2v) is 7.91. The minimum absolute atomic E-state index is 0. The van der Waals surface area contributed by atoms with E-state index in [4.69, 9.17) is 4.74 Å². The van der Waals surface area contributed by atoms with E-state index < -0.39 is 5.60 Å². The normalized spacial score (nSPS) is 21.0. The topological polar surface area (TPSA) is 82.7 Å². The molecule has 162 valence electrons. The second kappa shape index (κ2) is 10.8. The number of rotatable bonds is 5. The average molecular weight is 425 g/mol. The molecule has 8 heteroatoms. The van der Waals surface area contributed by atoms with Crippen LogP contribution in [-0.2, 0) is 9.53 Å². The predicted molar refractivity (Wildman–Crippen MR) is 117 cm³/mol. The number of urea groups is 1. The van der Waals surface area contributed by atoms with E-state index in [1.807, 2.05) is 36.1 Å². The number of aryl methyl sites for hydroxylation is 1. The molecule has 29 heavy (non-hydrogen) atoms. The molecule has 0 bridgehead atoms. The molecule has 3 N–H and O–H groups in total. The van der Waals surface area contributed by atoms with Crippen LogP contribution < -0.4 is 16.0 Å². The molecule has 0 saturated carbocycles. The van der Waals surface area contributed by atoms with Gasteiger partial charge in [0.2, 0.25) is 0 Å². The number of methoxy groups -OCH3 is 1. The molecule has 1 unspecified atom stereocenters. The van der Waals surface area contributed by atoms with Gasteiger partial charge in [-0.3, -0.25) is 4.79 Å². The van der Waals surface area contributed by atoms with Crippen LogP contribution in [0.1, 0.15) is 31.2 Å². The third kappa shape index (κ3) is 6.07. The highest BCUT2D eigenvalue weighted by molar-refractivity contribution is 5.89. The Morgan fingerprint density at radius 3 is 2.59 bits per heavy atom. The molecule has 0 spiro atoms. The molecule has 7 nitrogen and oxygen atoms in total. The lowest BCUT2D eigenvalue weighted by atomic mass is 9.88. The van der Waals surface area contributed by atoms with Crippen molar-refractivity contribution in [1.82, 2.24) is 15.5 Å². The Balaban J connectivity index is 0.00000300. The highest BCUT2D eigenvalue weighted by Crippen LogP contribution is 2.27. The Labute approximate surface area is 179 Å². The zero-order chi connectivity index (χ0) is 20.0. The van der Waals surface area contributed by atoms with E-state index in [1.54, 1.807) is 7.11 Å². The minimum Gasteiger partial charge on any atom is -0.368 e. The molecule has 3 rings (SSSR count). The van der Waals surface area contributed by atoms with Crippen molar-refractivity contribution >= 4 is 30.0 Å². The van der Waals surface area contributed by atoms with Crippen molar-refractivity contribution in [2.45, 2.75) is 38.2 Å². The van der Waals surface area contributed by atoms with Gasteiger partial charge in [-0.1, -0.05) is 17.7 Å². The van der Waals surface area contributed by atoms with E-state index in [0.717, 1.165) is 43.7 Å².